The van der Waals surface area contributed by atoms with Gasteiger partial charge in [0, 0.05) is 24.5 Å². The van der Waals surface area contributed by atoms with Crippen LogP contribution in [0.5, 0.6) is 0 Å². The summed E-state index contributed by atoms with van der Waals surface area (Å²) in [6.07, 6.45) is 3.65. The van der Waals surface area contributed by atoms with Gasteiger partial charge in [-0.25, -0.2) is 4.68 Å². The number of carbonyl (C=O) groups is 1. The summed E-state index contributed by atoms with van der Waals surface area (Å²) in [6.45, 7) is 2.55. The lowest BCUT2D eigenvalue weighted by Gasteiger charge is -2.08. The van der Waals surface area contributed by atoms with Crippen LogP contribution in [-0.4, -0.2) is 15.7 Å². The van der Waals surface area contributed by atoms with E-state index in [1.807, 2.05) is 52.7 Å². The Morgan fingerprint density at radius 3 is 2.56 bits per heavy atom. The van der Waals surface area contributed by atoms with Crippen molar-refractivity contribution in [2.24, 2.45) is 0 Å². The monoisotopic (exact) mass is 373 g/mol. The Labute approximate surface area is 162 Å². The van der Waals surface area contributed by atoms with Gasteiger partial charge in [-0.2, -0.15) is 5.10 Å². The second-order valence-corrected chi connectivity index (χ2v) is 7.25. The molecular formula is C22H19N3OS. The molecule has 2 heterocycles. The molecule has 1 amide bonds. The highest BCUT2D eigenvalue weighted by molar-refractivity contribution is 7.12. The number of benzene rings is 2. The van der Waals surface area contributed by atoms with Gasteiger partial charge in [-0.3, -0.25) is 4.79 Å². The SMILES string of the molecule is Cc1ccc(-c2ccsc2C(=O)NCc2ccc(-n3cccn3)cc2)cc1. The average molecular weight is 373 g/mol. The highest BCUT2D eigenvalue weighted by Crippen LogP contribution is 2.28. The van der Waals surface area contributed by atoms with Crippen LogP contribution in [0, 0.1) is 6.92 Å². The quantitative estimate of drug-likeness (QED) is 0.544. The van der Waals surface area contributed by atoms with E-state index in [2.05, 4.69) is 41.6 Å². The molecule has 1 N–H and O–H groups in total. The molecule has 0 saturated heterocycles. The number of hydrogen-bond donors (Lipinski definition) is 1. The smallest absolute Gasteiger partial charge is 0.262 e. The second kappa shape index (κ2) is 7.60. The topological polar surface area (TPSA) is 46.9 Å². The van der Waals surface area contributed by atoms with Crippen molar-refractivity contribution in [3.8, 4) is 16.8 Å². The van der Waals surface area contributed by atoms with E-state index < -0.39 is 0 Å². The van der Waals surface area contributed by atoms with E-state index in [4.69, 9.17) is 0 Å². The zero-order valence-corrected chi connectivity index (χ0v) is 15.7. The molecule has 2 aromatic carbocycles. The summed E-state index contributed by atoms with van der Waals surface area (Å²) >= 11 is 1.47. The van der Waals surface area contributed by atoms with Gasteiger partial charge in [-0.05, 0) is 47.7 Å². The fourth-order valence-corrected chi connectivity index (χ4v) is 3.73. The van der Waals surface area contributed by atoms with Crippen LogP contribution in [0.15, 0.2) is 78.4 Å². The maximum Gasteiger partial charge on any atom is 0.262 e. The van der Waals surface area contributed by atoms with Crippen LogP contribution >= 0.6 is 11.3 Å². The highest BCUT2D eigenvalue weighted by atomic mass is 32.1. The number of hydrogen-bond acceptors (Lipinski definition) is 3. The molecule has 0 radical (unpaired) electrons. The summed E-state index contributed by atoms with van der Waals surface area (Å²) in [5, 5.41) is 9.20. The molecule has 4 nitrogen and oxygen atoms in total. The maximum atomic E-state index is 12.7. The van der Waals surface area contributed by atoms with E-state index in [1.165, 1.54) is 16.9 Å². The first-order valence-corrected chi connectivity index (χ1v) is 9.60. The molecular weight excluding hydrogens is 354 g/mol. The van der Waals surface area contributed by atoms with Gasteiger partial charge in [-0.15, -0.1) is 11.3 Å². The number of carbonyl (C=O) groups excluding carboxylic acids is 1. The van der Waals surface area contributed by atoms with E-state index >= 15 is 0 Å². The lowest BCUT2D eigenvalue weighted by molar-refractivity contribution is 0.0955. The molecule has 134 valence electrons. The van der Waals surface area contributed by atoms with Crippen molar-refractivity contribution in [2.45, 2.75) is 13.5 Å². The van der Waals surface area contributed by atoms with Gasteiger partial charge < -0.3 is 5.32 Å². The average Bonchev–Trinajstić information content (AvgIpc) is 3.39. The molecule has 0 fully saturated rings. The molecule has 0 spiro atoms. The molecule has 0 bridgehead atoms. The Morgan fingerprint density at radius 2 is 1.85 bits per heavy atom. The minimum atomic E-state index is -0.0447. The van der Waals surface area contributed by atoms with Crippen molar-refractivity contribution >= 4 is 17.2 Å². The lowest BCUT2D eigenvalue weighted by atomic mass is 10.0. The summed E-state index contributed by atoms with van der Waals surface area (Å²) in [5.74, 6) is -0.0447. The third-order valence-corrected chi connectivity index (χ3v) is 5.31. The standard InChI is InChI=1S/C22H19N3OS/c1-16-3-7-18(8-4-16)20-11-14-27-21(20)22(26)23-15-17-5-9-19(10-6-17)25-13-2-12-24-25/h2-14H,15H2,1H3,(H,23,26). The Hall–Kier alpha value is -3.18. The molecule has 0 unspecified atom stereocenters. The van der Waals surface area contributed by atoms with Crippen molar-refractivity contribution < 1.29 is 4.79 Å². The van der Waals surface area contributed by atoms with Crippen molar-refractivity contribution in [3.05, 3.63) is 94.4 Å². The zero-order valence-electron chi connectivity index (χ0n) is 14.9. The van der Waals surface area contributed by atoms with Gasteiger partial charge in [0.1, 0.15) is 0 Å². The molecule has 4 aromatic rings. The van der Waals surface area contributed by atoms with Gasteiger partial charge >= 0.3 is 0 Å². The van der Waals surface area contributed by atoms with Gasteiger partial charge in [0.25, 0.3) is 5.91 Å². The summed E-state index contributed by atoms with van der Waals surface area (Å²) in [5.41, 5.74) is 5.29. The number of rotatable bonds is 5. The second-order valence-electron chi connectivity index (χ2n) is 6.33. The number of aryl methyl sites for hydroxylation is 1. The molecule has 2 aromatic heterocycles. The summed E-state index contributed by atoms with van der Waals surface area (Å²) in [4.78, 5) is 13.4. The molecule has 4 rings (SSSR count). The van der Waals surface area contributed by atoms with E-state index in [9.17, 15) is 4.79 Å². The Bertz CT molecular complexity index is 1030. The molecule has 0 aliphatic heterocycles. The Balaban J connectivity index is 1.44. The maximum absolute atomic E-state index is 12.7. The predicted molar refractivity (Wildman–Crippen MR) is 109 cm³/mol. The van der Waals surface area contributed by atoms with Crippen molar-refractivity contribution in [3.63, 3.8) is 0 Å². The van der Waals surface area contributed by atoms with Gasteiger partial charge in [0.2, 0.25) is 0 Å². The van der Waals surface area contributed by atoms with E-state index in [0.29, 0.717) is 6.54 Å². The van der Waals surface area contributed by atoms with Crippen molar-refractivity contribution in [1.82, 2.24) is 15.1 Å². The van der Waals surface area contributed by atoms with Crippen LogP contribution in [-0.2, 0) is 6.54 Å². The third kappa shape index (κ3) is 3.83. The Morgan fingerprint density at radius 1 is 1.07 bits per heavy atom. The fraction of sp³-hybridized carbons (Fsp3) is 0.0909. The molecule has 27 heavy (non-hydrogen) atoms. The van der Waals surface area contributed by atoms with Crippen LogP contribution < -0.4 is 5.32 Å². The third-order valence-electron chi connectivity index (χ3n) is 4.39. The van der Waals surface area contributed by atoms with Gasteiger partial charge in [0.05, 0.1) is 10.6 Å². The molecule has 0 saturated carbocycles. The summed E-state index contributed by atoms with van der Waals surface area (Å²) in [7, 11) is 0. The van der Waals surface area contributed by atoms with Crippen molar-refractivity contribution in [1.29, 1.82) is 0 Å². The number of nitrogens with zero attached hydrogens (tertiary/aromatic N) is 2. The Kier molecular flexibility index (Phi) is 4.85. The highest BCUT2D eigenvalue weighted by Gasteiger charge is 2.14. The molecule has 0 aliphatic carbocycles. The predicted octanol–water partition coefficient (Wildman–Crippen LogP) is 4.84. The summed E-state index contributed by atoms with van der Waals surface area (Å²) < 4.78 is 1.81. The van der Waals surface area contributed by atoms with Crippen LogP contribution in [0.1, 0.15) is 20.8 Å². The van der Waals surface area contributed by atoms with E-state index in [1.54, 1.807) is 6.20 Å². The summed E-state index contributed by atoms with van der Waals surface area (Å²) in [6, 6.07) is 20.1. The first-order valence-electron chi connectivity index (χ1n) is 8.72. The minimum absolute atomic E-state index is 0.0447. The fourth-order valence-electron chi connectivity index (χ4n) is 2.90. The van der Waals surface area contributed by atoms with Crippen LogP contribution in [0.3, 0.4) is 0 Å². The van der Waals surface area contributed by atoms with Crippen molar-refractivity contribution in [2.75, 3.05) is 0 Å². The number of thiophene rings is 1. The van der Waals surface area contributed by atoms with Crippen LogP contribution in [0.25, 0.3) is 16.8 Å². The van der Waals surface area contributed by atoms with E-state index in [-0.39, 0.29) is 5.91 Å². The normalized spacial score (nSPS) is 10.7. The van der Waals surface area contributed by atoms with Crippen LogP contribution in [0.2, 0.25) is 0 Å². The first kappa shape index (κ1) is 17.2. The number of amides is 1. The zero-order chi connectivity index (χ0) is 18.6. The molecule has 0 atom stereocenters. The number of nitrogens with one attached hydrogen (secondary N) is 1. The largest absolute Gasteiger partial charge is 0.347 e. The van der Waals surface area contributed by atoms with E-state index in [0.717, 1.165) is 27.3 Å². The van der Waals surface area contributed by atoms with Gasteiger partial charge in [0.15, 0.2) is 0 Å². The lowest BCUT2D eigenvalue weighted by Crippen LogP contribution is -2.22. The minimum Gasteiger partial charge on any atom is -0.347 e. The van der Waals surface area contributed by atoms with Crippen LogP contribution in [0.4, 0.5) is 0 Å². The molecule has 0 aliphatic rings. The molecule has 5 heteroatoms. The first-order chi connectivity index (χ1) is 13.2. The number of aromatic nitrogens is 2. The van der Waals surface area contributed by atoms with Gasteiger partial charge in [-0.1, -0.05) is 42.0 Å².